The van der Waals surface area contributed by atoms with Gasteiger partial charge in [0.05, 0.1) is 41.3 Å². The number of aryl methyl sites for hydroxylation is 1. The summed E-state index contributed by atoms with van der Waals surface area (Å²) < 4.78 is 37.9. The van der Waals surface area contributed by atoms with Crippen LogP contribution in [0.15, 0.2) is 82.2 Å². The maximum Gasteiger partial charge on any atom is 0.294 e. The van der Waals surface area contributed by atoms with Crippen molar-refractivity contribution < 1.29 is 32.4 Å². The molecule has 1 amide bonds. The second kappa shape index (κ2) is 11.8. The molecule has 0 saturated carbocycles. The van der Waals surface area contributed by atoms with Gasteiger partial charge in [-0.15, -0.1) is 0 Å². The number of allylic oxidation sites excluding steroid dienone is 1. The Morgan fingerprint density at radius 2 is 1.80 bits per heavy atom. The van der Waals surface area contributed by atoms with Gasteiger partial charge in [-0.25, -0.2) is 4.99 Å². The average molecular weight is 564 g/mol. The third kappa shape index (κ3) is 5.96. The van der Waals surface area contributed by atoms with Crippen molar-refractivity contribution in [1.29, 1.82) is 0 Å². The number of carbonyl (C=O) groups is 2. The number of likely N-dealkylation sites (N-methyl/N-ethyl adjacent to an activating group) is 1. The van der Waals surface area contributed by atoms with Gasteiger partial charge in [0, 0.05) is 29.9 Å². The zero-order chi connectivity index (χ0) is 29.0. The van der Waals surface area contributed by atoms with E-state index >= 15 is 0 Å². The maximum absolute atomic E-state index is 13.3. The highest BCUT2D eigenvalue weighted by atomic mass is 32.2. The zero-order valence-corrected chi connectivity index (χ0v) is 23.0. The van der Waals surface area contributed by atoms with Gasteiger partial charge in [-0.1, -0.05) is 24.3 Å². The number of hydrogen-bond donors (Lipinski definition) is 3. The summed E-state index contributed by atoms with van der Waals surface area (Å²) in [5.74, 6) is -1.18. The molecule has 1 aliphatic carbocycles. The molecule has 1 aliphatic rings. The molecule has 0 aliphatic heterocycles. The summed E-state index contributed by atoms with van der Waals surface area (Å²) >= 11 is 0. The van der Waals surface area contributed by atoms with Gasteiger partial charge in [-0.3, -0.25) is 14.1 Å². The maximum atomic E-state index is 13.3. The van der Waals surface area contributed by atoms with E-state index in [9.17, 15) is 27.7 Å². The first-order valence-corrected chi connectivity index (χ1v) is 13.9. The first-order valence-electron chi connectivity index (χ1n) is 12.4. The van der Waals surface area contributed by atoms with Crippen LogP contribution in [0.3, 0.4) is 0 Å². The quantitative estimate of drug-likeness (QED) is 0.262. The molecule has 0 radical (unpaired) electrons. The molecule has 0 unspecified atom stereocenters. The van der Waals surface area contributed by atoms with Gasteiger partial charge in [0.25, 0.3) is 16.0 Å². The van der Waals surface area contributed by atoms with Crippen LogP contribution in [-0.4, -0.2) is 62.3 Å². The number of methoxy groups -OCH3 is 1. The Morgan fingerprint density at radius 3 is 2.42 bits per heavy atom. The fraction of sp³-hybridized carbons (Fsp3) is 0.207. The van der Waals surface area contributed by atoms with E-state index in [-0.39, 0.29) is 23.6 Å². The fourth-order valence-corrected chi connectivity index (χ4v) is 4.91. The van der Waals surface area contributed by atoms with Crippen molar-refractivity contribution in [2.45, 2.75) is 18.7 Å². The molecule has 40 heavy (non-hydrogen) atoms. The highest BCUT2D eigenvalue weighted by Crippen LogP contribution is 2.31. The van der Waals surface area contributed by atoms with Gasteiger partial charge in [-0.2, -0.15) is 8.42 Å². The van der Waals surface area contributed by atoms with Crippen LogP contribution in [0.4, 0.5) is 17.1 Å². The standard InChI is InChI=1S/C29H29N3O7S/c1-4-32(13-14-33)19-9-11-24(18(2)15-19)30-25-17-23(28(34)22-8-6-5-7-21(22)25)29(35)31-26-16-20(40(36,37)38)10-12-27(26)39-3/h5-12,15-17,33H,4,13-14H2,1-3H3,(H,31,35)(H,36,37,38). The largest absolute Gasteiger partial charge is 0.495 e. The van der Waals surface area contributed by atoms with Crippen LogP contribution in [0.2, 0.25) is 0 Å². The molecule has 10 nitrogen and oxygen atoms in total. The number of aliphatic hydroxyl groups is 1. The number of ether oxygens (including phenoxy) is 1. The monoisotopic (exact) mass is 563 g/mol. The first kappa shape index (κ1) is 28.7. The van der Waals surface area contributed by atoms with E-state index in [1.165, 1.54) is 19.3 Å². The lowest BCUT2D eigenvalue weighted by molar-refractivity contribution is -0.112. The lowest BCUT2D eigenvalue weighted by Gasteiger charge is -2.23. The van der Waals surface area contributed by atoms with Gasteiger partial charge in [0.2, 0.25) is 0 Å². The molecule has 0 bridgehead atoms. The minimum Gasteiger partial charge on any atom is -0.495 e. The third-order valence-corrected chi connectivity index (χ3v) is 7.32. The molecule has 3 aromatic rings. The Labute approximate surface area is 232 Å². The second-order valence-corrected chi connectivity index (χ2v) is 10.4. The van der Waals surface area contributed by atoms with Gasteiger partial charge in [0.15, 0.2) is 5.78 Å². The number of fused-ring (bicyclic) bond motifs is 1. The Morgan fingerprint density at radius 1 is 1.07 bits per heavy atom. The van der Waals surface area contributed by atoms with Crippen LogP contribution in [0.25, 0.3) is 0 Å². The Bertz CT molecular complexity index is 1650. The van der Waals surface area contributed by atoms with Crippen molar-refractivity contribution in [3.05, 3.63) is 89.0 Å². The van der Waals surface area contributed by atoms with Crippen LogP contribution in [-0.2, 0) is 14.9 Å². The topological polar surface area (TPSA) is 146 Å². The number of nitrogens with zero attached hydrogens (tertiary/aromatic N) is 2. The van der Waals surface area contributed by atoms with Crippen molar-refractivity contribution in [3.63, 3.8) is 0 Å². The number of aliphatic hydroxyl groups excluding tert-OH is 1. The molecular formula is C29H29N3O7S. The molecule has 3 aromatic carbocycles. The molecule has 0 aromatic heterocycles. The summed E-state index contributed by atoms with van der Waals surface area (Å²) in [7, 11) is -3.21. The molecule has 0 spiro atoms. The number of aliphatic imine (C=N–C) groups is 1. The van der Waals surface area contributed by atoms with Crippen LogP contribution in [0, 0.1) is 6.92 Å². The number of benzene rings is 3. The Kier molecular flexibility index (Phi) is 8.48. The summed E-state index contributed by atoms with van der Waals surface area (Å²) in [6.45, 7) is 5.16. The lowest BCUT2D eigenvalue weighted by atomic mass is 9.88. The molecular weight excluding hydrogens is 534 g/mol. The smallest absolute Gasteiger partial charge is 0.294 e. The number of amides is 1. The Balaban J connectivity index is 1.75. The summed E-state index contributed by atoms with van der Waals surface area (Å²) in [6, 6.07) is 16.0. The predicted octanol–water partition coefficient (Wildman–Crippen LogP) is 3.95. The predicted molar refractivity (Wildman–Crippen MR) is 153 cm³/mol. The minimum atomic E-state index is -4.55. The molecule has 3 N–H and O–H groups in total. The SMILES string of the molecule is CCN(CCO)c1ccc(N=C2C=C(C(=O)Nc3cc(S(=O)(=O)O)ccc3OC)C(=O)c3ccccc32)c(C)c1. The molecule has 0 atom stereocenters. The highest BCUT2D eigenvalue weighted by molar-refractivity contribution is 7.85. The van der Waals surface area contributed by atoms with E-state index in [0.29, 0.717) is 29.1 Å². The number of rotatable bonds is 9. The van der Waals surface area contributed by atoms with Gasteiger partial charge in [-0.05, 0) is 61.9 Å². The normalized spacial score (nSPS) is 14.0. The Hall–Kier alpha value is -4.32. The summed E-state index contributed by atoms with van der Waals surface area (Å²) in [5.41, 5.74) is 3.46. The molecule has 0 fully saturated rings. The van der Waals surface area contributed by atoms with E-state index in [1.807, 2.05) is 36.9 Å². The molecule has 208 valence electrons. The van der Waals surface area contributed by atoms with E-state index in [2.05, 4.69) is 5.32 Å². The van der Waals surface area contributed by atoms with Crippen LogP contribution in [0.5, 0.6) is 5.75 Å². The van der Waals surface area contributed by atoms with E-state index in [0.717, 1.165) is 29.9 Å². The van der Waals surface area contributed by atoms with Crippen LogP contribution >= 0.6 is 0 Å². The van der Waals surface area contributed by atoms with E-state index in [4.69, 9.17) is 9.73 Å². The third-order valence-electron chi connectivity index (χ3n) is 6.47. The van der Waals surface area contributed by atoms with Crippen molar-refractivity contribution in [1.82, 2.24) is 0 Å². The molecule has 4 rings (SSSR count). The number of Topliss-reactive ketones (excluding diaryl/α,β-unsaturated/α-hetero) is 1. The van der Waals surface area contributed by atoms with Crippen LogP contribution in [0.1, 0.15) is 28.4 Å². The van der Waals surface area contributed by atoms with E-state index in [1.54, 1.807) is 24.3 Å². The number of anilines is 2. The zero-order valence-electron chi connectivity index (χ0n) is 22.2. The van der Waals surface area contributed by atoms with Crippen molar-refractivity contribution in [3.8, 4) is 5.75 Å². The number of hydrogen-bond acceptors (Lipinski definition) is 8. The second-order valence-electron chi connectivity index (χ2n) is 9.00. The fourth-order valence-electron chi connectivity index (χ4n) is 4.41. The lowest BCUT2D eigenvalue weighted by Crippen LogP contribution is -2.27. The number of carbonyl (C=O) groups excluding carboxylic acids is 2. The average Bonchev–Trinajstić information content (AvgIpc) is 2.93. The van der Waals surface area contributed by atoms with Crippen molar-refractivity contribution >= 4 is 44.6 Å². The molecule has 0 heterocycles. The summed E-state index contributed by atoms with van der Waals surface area (Å²) in [6.07, 6.45) is 1.40. The number of ketones is 1. The van der Waals surface area contributed by atoms with Gasteiger partial charge in [0.1, 0.15) is 5.75 Å². The van der Waals surface area contributed by atoms with Crippen LogP contribution < -0.4 is 15.0 Å². The summed E-state index contributed by atoms with van der Waals surface area (Å²) in [5, 5.41) is 11.9. The molecule has 11 heteroatoms. The first-order chi connectivity index (χ1) is 19.1. The van der Waals surface area contributed by atoms with E-state index < -0.39 is 26.7 Å². The van der Waals surface area contributed by atoms with Gasteiger partial charge >= 0.3 is 0 Å². The van der Waals surface area contributed by atoms with Crippen molar-refractivity contribution in [2.75, 3.05) is 37.0 Å². The highest BCUT2D eigenvalue weighted by Gasteiger charge is 2.29. The minimum absolute atomic E-state index is 0.0311. The number of nitrogens with one attached hydrogen (secondary N) is 1. The molecule has 0 saturated heterocycles. The summed E-state index contributed by atoms with van der Waals surface area (Å²) in [4.78, 5) is 33.1. The van der Waals surface area contributed by atoms with Crippen molar-refractivity contribution in [2.24, 2.45) is 4.99 Å². The van der Waals surface area contributed by atoms with Gasteiger partial charge < -0.3 is 20.1 Å².